The molecule has 2 rings (SSSR count). The Morgan fingerprint density at radius 1 is 1.18 bits per heavy atom. The lowest BCUT2D eigenvalue weighted by Gasteiger charge is -2.12. The minimum Gasteiger partial charge on any atom is -0.340 e. The highest BCUT2D eigenvalue weighted by molar-refractivity contribution is 6.02. The van der Waals surface area contributed by atoms with E-state index >= 15 is 0 Å². The predicted molar refractivity (Wildman–Crippen MR) is 71.2 cm³/mol. The van der Waals surface area contributed by atoms with E-state index in [2.05, 4.69) is 10.3 Å². The van der Waals surface area contributed by atoms with Gasteiger partial charge >= 0.3 is 0 Å². The van der Waals surface area contributed by atoms with Crippen LogP contribution in [-0.2, 0) is 0 Å². The topological polar surface area (TPSA) is 48.8 Å². The lowest BCUT2D eigenvalue weighted by Crippen LogP contribution is -2.05. The van der Waals surface area contributed by atoms with Gasteiger partial charge in [-0.2, -0.15) is 0 Å². The maximum atomic E-state index is 7.80. The Kier molecular flexibility index (Phi) is 3.19. The van der Waals surface area contributed by atoms with Crippen LogP contribution < -0.4 is 5.32 Å². The molecule has 0 aliphatic carbocycles. The molecule has 1 aromatic carbocycles. The van der Waals surface area contributed by atoms with E-state index in [1.165, 1.54) is 0 Å². The van der Waals surface area contributed by atoms with Gasteiger partial charge in [0, 0.05) is 23.2 Å². The molecule has 1 heterocycles. The van der Waals surface area contributed by atoms with Gasteiger partial charge in [-0.15, -0.1) is 0 Å². The van der Waals surface area contributed by atoms with Crippen LogP contribution in [0.25, 0.3) is 0 Å². The monoisotopic (exact) mass is 225 g/mol. The second-order valence-corrected chi connectivity index (χ2v) is 3.97. The summed E-state index contributed by atoms with van der Waals surface area (Å²) in [6, 6.07) is 11.8. The summed E-state index contributed by atoms with van der Waals surface area (Å²) in [6.07, 6.45) is 1.76. The zero-order valence-electron chi connectivity index (χ0n) is 9.99. The highest BCUT2D eigenvalue weighted by Crippen LogP contribution is 2.21. The second kappa shape index (κ2) is 4.78. The molecule has 0 aliphatic rings. The normalized spacial score (nSPS) is 10.0. The number of nitrogens with one attached hydrogen (secondary N) is 2. The summed E-state index contributed by atoms with van der Waals surface area (Å²) in [5.41, 5.74) is 3.43. The molecule has 17 heavy (non-hydrogen) atoms. The predicted octanol–water partition coefficient (Wildman–Crippen LogP) is 3.52. The quantitative estimate of drug-likeness (QED) is 0.785. The first-order valence-corrected chi connectivity index (χ1v) is 5.51. The van der Waals surface area contributed by atoms with Crippen molar-refractivity contribution < 1.29 is 0 Å². The fraction of sp³-hybridized carbons (Fsp3) is 0.143. The first kappa shape index (κ1) is 11.3. The van der Waals surface area contributed by atoms with Crippen LogP contribution in [0.4, 0.5) is 11.5 Å². The maximum Gasteiger partial charge on any atom is 0.139 e. The summed E-state index contributed by atoms with van der Waals surface area (Å²) < 4.78 is 0. The Labute approximate surface area is 101 Å². The highest BCUT2D eigenvalue weighted by atomic mass is 15.0. The van der Waals surface area contributed by atoms with Gasteiger partial charge in [0.2, 0.25) is 0 Å². The molecular weight excluding hydrogens is 210 g/mol. The van der Waals surface area contributed by atoms with E-state index in [0.29, 0.717) is 5.71 Å². The Hall–Kier alpha value is -2.16. The van der Waals surface area contributed by atoms with Crippen LogP contribution in [0.15, 0.2) is 42.6 Å². The molecule has 0 spiro atoms. The highest BCUT2D eigenvalue weighted by Gasteiger charge is 2.08. The van der Waals surface area contributed by atoms with E-state index in [-0.39, 0.29) is 0 Å². The molecule has 0 aliphatic heterocycles. The molecule has 2 aromatic rings. The summed E-state index contributed by atoms with van der Waals surface area (Å²) >= 11 is 0. The van der Waals surface area contributed by atoms with Gasteiger partial charge < -0.3 is 10.7 Å². The minimum atomic E-state index is 0.522. The van der Waals surface area contributed by atoms with E-state index in [4.69, 9.17) is 5.41 Å². The van der Waals surface area contributed by atoms with E-state index < -0.39 is 0 Å². The summed E-state index contributed by atoms with van der Waals surface area (Å²) in [4.78, 5) is 4.30. The summed E-state index contributed by atoms with van der Waals surface area (Å²) in [6.45, 7) is 3.77. The SMILES string of the molecule is CC(=N)c1c(C)ccnc1Nc1ccccc1. The number of hydrogen-bond donors (Lipinski definition) is 2. The Morgan fingerprint density at radius 2 is 1.88 bits per heavy atom. The Morgan fingerprint density at radius 3 is 2.53 bits per heavy atom. The molecule has 0 radical (unpaired) electrons. The molecule has 86 valence electrons. The van der Waals surface area contributed by atoms with E-state index in [1.807, 2.05) is 43.3 Å². The second-order valence-electron chi connectivity index (χ2n) is 3.97. The van der Waals surface area contributed by atoms with Crippen molar-refractivity contribution in [1.82, 2.24) is 4.98 Å². The molecule has 0 saturated heterocycles. The van der Waals surface area contributed by atoms with Crippen molar-refractivity contribution in [2.45, 2.75) is 13.8 Å². The maximum absolute atomic E-state index is 7.80. The minimum absolute atomic E-state index is 0.522. The summed E-state index contributed by atoms with van der Waals surface area (Å²) in [5, 5.41) is 11.0. The van der Waals surface area contributed by atoms with Crippen molar-refractivity contribution in [2.24, 2.45) is 0 Å². The number of para-hydroxylation sites is 1. The number of anilines is 2. The van der Waals surface area contributed by atoms with Crippen LogP contribution >= 0.6 is 0 Å². The van der Waals surface area contributed by atoms with Gasteiger partial charge in [-0.25, -0.2) is 4.98 Å². The molecule has 0 amide bonds. The molecule has 0 unspecified atom stereocenters. The molecular formula is C14H15N3. The molecule has 0 saturated carbocycles. The third-order valence-corrected chi connectivity index (χ3v) is 2.57. The van der Waals surface area contributed by atoms with E-state index in [1.54, 1.807) is 13.1 Å². The smallest absolute Gasteiger partial charge is 0.139 e. The number of hydrogen-bond acceptors (Lipinski definition) is 3. The summed E-state index contributed by atoms with van der Waals surface area (Å²) in [7, 11) is 0. The van der Waals surface area contributed by atoms with Gasteiger partial charge in [-0.3, -0.25) is 0 Å². The number of nitrogens with zero attached hydrogens (tertiary/aromatic N) is 1. The fourth-order valence-corrected chi connectivity index (χ4v) is 1.78. The van der Waals surface area contributed by atoms with Gasteiger partial charge in [-0.1, -0.05) is 18.2 Å². The first-order chi connectivity index (χ1) is 8.18. The van der Waals surface area contributed by atoms with Gasteiger partial charge in [0.05, 0.1) is 0 Å². The molecule has 0 fully saturated rings. The van der Waals surface area contributed by atoms with Crippen molar-refractivity contribution in [3.8, 4) is 0 Å². The molecule has 0 atom stereocenters. The number of benzene rings is 1. The lowest BCUT2D eigenvalue weighted by molar-refractivity contribution is 1.25. The standard InChI is InChI=1S/C14H15N3/c1-10-8-9-16-14(13(10)11(2)15)17-12-6-4-3-5-7-12/h3-9,15H,1-2H3,(H,16,17). The van der Waals surface area contributed by atoms with Gasteiger partial charge in [0.1, 0.15) is 5.82 Å². The molecule has 3 nitrogen and oxygen atoms in total. The van der Waals surface area contributed by atoms with E-state index in [9.17, 15) is 0 Å². The van der Waals surface area contributed by atoms with Crippen LogP contribution in [0.2, 0.25) is 0 Å². The average molecular weight is 225 g/mol. The summed E-state index contributed by atoms with van der Waals surface area (Å²) in [5.74, 6) is 0.740. The van der Waals surface area contributed by atoms with Crippen LogP contribution in [0, 0.1) is 12.3 Å². The largest absolute Gasteiger partial charge is 0.340 e. The average Bonchev–Trinajstić information content (AvgIpc) is 2.30. The van der Waals surface area contributed by atoms with Gasteiger partial charge in [0.25, 0.3) is 0 Å². The Balaban J connectivity index is 2.40. The van der Waals surface area contributed by atoms with Crippen molar-refractivity contribution in [3.05, 3.63) is 53.7 Å². The van der Waals surface area contributed by atoms with Gasteiger partial charge in [-0.05, 0) is 37.6 Å². The number of aromatic nitrogens is 1. The van der Waals surface area contributed by atoms with Crippen molar-refractivity contribution in [3.63, 3.8) is 0 Å². The first-order valence-electron chi connectivity index (χ1n) is 5.51. The number of pyridine rings is 1. The molecule has 2 N–H and O–H groups in total. The molecule has 0 bridgehead atoms. The van der Waals surface area contributed by atoms with Crippen LogP contribution in [-0.4, -0.2) is 10.7 Å². The van der Waals surface area contributed by atoms with Crippen LogP contribution in [0.3, 0.4) is 0 Å². The van der Waals surface area contributed by atoms with Crippen LogP contribution in [0.1, 0.15) is 18.1 Å². The molecule has 1 aromatic heterocycles. The van der Waals surface area contributed by atoms with Crippen LogP contribution in [0.5, 0.6) is 0 Å². The zero-order chi connectivity index (χ0) is 12.3. The fourth-order valence-electron chi connectivity index (χ4n) is 1.78. The van der Waals surface area contributed by atoms with E-state index in [0.717, 1.165) is 22.6 Å². The number of rotatable bonds is 3. The van der Waals surface area contributed by atoms with Gasteiger partial charge in [0.15, 0.2) is 0 Å². The zero-order valence-corrected chi connectivity index (χ0v) is 9.99. The third kappa shape index (κ3) is 2.50. The van der Waals surface area contributed by atoms with Crippen molar-refractivity contribution in [1.29, 1.82) is 5.41 Å². The lowest BCUT2D eigenvalue weighted by atomic mass is 10.1. The Bertz CT molecular complexity index is 532. The molecule has 3 heteroatoms. The number of aryl methyl sites for hydroxylation is 1. The van der Waals surface area contributed by atoms with Crippen molar-refractivity contribution in [2.75, 3.05) is 5.32 Å². The third-order valence-electron chi connectivity index (χ3n) is 2.57. The van der Waals surface area contributed by atoms with Crippen molar-refractivity contribution >= 4 is 17.2 Å².